The van der Waals surface area contributed by atoms with Gasteiger partial charge in [-0.1, -0.05) is 23.3 Å². The number of benzene rings is 1. The van der Waals surface area contributed by atoms with E-state index in [4.69, 9.17) is 4.74 Å². The van der Waals surface area contributed by atoms with Crippen molar-refractivity contribution in [2.75, 3.05) is 26.2 Å². The first-order valence-electron chi connectivity index (χ1n) is 12.4. The van der Waals surface area contributed by atoms with Gasteiger partial charge in [-0.2, -0.15) is 0 Å². The fraction of sp³-hybridized carbons (Fsp3) is 0.481. The van der Waals surface area contributed by atoms with Crippen molar-refractivity contribution in [1.82, 2.24) is 20.1 Å². The summed E-state index contributed by atoms with van der Waals surface area (Å²) in [6.07, 6.45) is 4.48. The van der Waals surface area contributed by atoms with E-state index in [0.717, 1.165) is 24.0 Å². The second-order valence-electron chi connectivity index (χ2n) is 9.95. The molecule has 2 atom stereocenters. The highest BCUT2D eigenvalue weighted by molar-refractivity contribution is 6.07. The zero-order chi connectivity index (χ0) is 24.6. The first-order valence-corrected chi connectivity index (χ1v) is 12.4. The highest BCUT2D eigenvalue weighted by atomic mass is 16.5. The molecule has 184 valence electrons. The topological polar surface area (TPSA) is 91.8 Å². The number of hydrogen-bond donors (Lipinski definition) is 1. The fourth-order valence-electron chi connectivity index (χ4n) is 5.80. The van der Waals surface area contributed by atoms with Crippen LogP contribution in [0.2, 0.25) is 0 Å². The van der Waals surface area contributed by atoms with Crippen LogP contribution in [0.15, 0.2) is 42.6 Å². The minimum absolute atomic E-state index is 0.00364. The summed E-state index contributed by atoms with van der Waals surface area (Å²) in [4.78, 5) is 47.8. The monoisotopic (exact) mass is 476 g/mol. The standard InChI is InChI=1S/C27H32N4O4/c1-18-14-19(2)16-20(15-18)24(32)30-11-8-21(9-12-30)27(23-7-3-4-10-28-23)25(33)31(26(34)29-27)17-22-6-5-13-35-22/h3-4,7,10,14-16,21-22H,5-6,8-9,11-13,17H2,1-2H3,(H,29,34)/t22-,27+/m1/s1. The van der Waals surface area contributed by atoms with Crippen molar-refractivity contribution in [3.05, 3.63) is 65.0 Å². The average Bonchev–Trinajstić information content (AvgIpc) is 3.46. The lowest BCUT2D eigenvalue weighted by atomic mass is 9.75. The van der Waals surface area contributed by atoms with Gasteiger partial charge in [0.25, 0.3) is 11.8 Å². The van der Waals surface area contributed by atoms with Crippen LogP contribution < -0.4 is 5.32 Å². The van der Waals surface area contributed by atoms with Gasteiger partial charge < -0.3 is 15.0 Å². The van der Waals surface area contributed by atoms with Crippen LogP contribution in [0.25, 0.3) is 0 Å². The summed E-state index contributed by atoms with van der Waals surface area (Å²) < 4.78 is 5.70. The van der Waals surface area contributed by atoms with E-state index in [2.05, 4.69) is 16.4 Å². The molecule has 0 spiro atoms. The Morgan fingerprint density at radius 1 is 1.11 bits per heavy atom. The lowest BCUT2D eigenvalue weighted by Gasteiger charge is -2.40. The Bertz CT molecular complexity index is 1100. The number of carbonyl (C=O) groups excluding carboxylic acids is 3. The molecule has 1 aromatic carbocycles. The summed E-state index contributed by atoms with van der Waals surface area (Å²) in [6, 6.07) is 10.9. The summed E-state index contributed by atoms with van der Waals surface area (Å²) in [5.74, 6) is -0.439. The minimum Gasteiger partial charge on any atom is -0.376 e. The molecular weight excluding hydrogens is 444 g/mol. The number of hydrogen-bond acceptors (Lipinski definition) is 5. The van der Waals surface area contributed by atoms with Crippen LogP contribution in [0, 0.1) is 19.8 Å². The number of rotatable bonds is 5. The largest absolute Gasteiger partial charge is 0.376 e. The summed E-state index contributed by atoms with van der Waals surface area (Å²) in [5.41, 5.74) is 2.12. The smallest absolute Gasteiger partial charge is 0.325 e. The molecule has 0 radical (unpaired) electrons. The third kappa shape index (κ3) is 4.31. The predicted molar refractivity (Wildman–Crippen MR) is 130 cm³/mol. The number of imide groups is 1. The van der Waals surface area contributed by atoms with Crippen molar-refractivity contribution in [3.8, 4) is 0 Å². The van der Waals surface area contributed by atoms with Gasteiger partial charge >= 0.3 is 6.03 Å². The fourth-order valence-corrected chi connectivity index (χ4v) is 5.80. The van der Waals surface area contributed by atoms with Crippen molar-refractivity contribution in [3.63, 3.8) is 0 Å². The highest BCUT2D eigenvalue weighted by Crippen LogP contribution is 2.41. The second kappa shape index (κ2) is 9.41. The molecule has 35 heavy (non-hydrogen) atoms. The molecule has 4 amide bonds. The third-order valence-corrected chi connectivity index (χ3v) is 7.47. The Balaban J connectivity index is 1.38. The first-order chi connectivity index (χ1) is 16.9. The number of ether oxygens (including phenoxy) is 1. The van der Waals surface area contributed by atoms with E-state index in [-0.39, 0.29) is 30.4 Å². The van der Waals surface area contributed by atoms with Gasteiger partial charge in [0, 0.05) is 37.4 Å². The molecule has 4 heterocycles. The third-order valence-electron chi connectivity index (χ3n) is 7.47. The maximum atomic E-state index is 13.9. The van der Waals surface area contributed by atoms with Gasteiger partial charge in [0.05, 0.1) is 18.3 Å². The van der Waals surface area contributed by atoms with Crippen molar-refractivity contribution in [2.24, 2.45) is 5.92 Å². The average molecular weight is 477 g/mol. The number of likely N-dealkylation sites (tertiary alicyclic amines) is 1. The highest BCUT2D eigenvalue weighted by Gasteiger charge is 2.58. The quantitative estimate of drug-likeness (QED) is 0.670. The van der Waals surface area contributed by atoms with Crippen LogP contribution >= 0.6 is 0 Å². The molecule has 0 saturated carbocycles. The first kappa shape index (κ1) is 23.5. The zero-order valence-corrected chi connectivity index (χ0v) is 20.3. The SMILES string of the molecule is Cc1cc(C)cc(C(=O)N2CCC([C@@]3(c4ccccn4)NC(=O)N(C[C@H]4CCCO4)C3=O)CC2)c1. The number of piperidine rings is 1. The summed E-state index contributed by atoms with van der Waals surface area (Å²) in [6.45, 7) is 5.92. The van der Waals surface area contributed by atoms with Gasteiger partial charge in [-0.15, -0.1) is 0 Å². The van der Waals surface area contributed by atoms with E-state index in [9.17, 15) is 14.4 Å². The molecule has 8 nitrogen and oxygen atoms in total. The number of aromatic nitrogens is 1. The van der Waals surface area contributed by atoms with Crippen LogP contribution in [0.5, 0.6) is 0 Å². The van der Waals surface area contributed by atoms with Crippen LogP contribution in [-0.2, 0) is 15.1 Å². The molecule has 3 fully saturated rings. The minimum atomic E-state index is -1.23. The van der Waals surface area contributed by atoms with E-state index >= 15 is 0 Å². The molecule has 5 rings (SSSR count). The van der Waals surface area contributed by atoms with Gasteiger partial charge in [-0.05, 0) is 63.8 Å². The van der Waals surface area contributed by atoms with Gasteiger partial charge in [-0.25, -0.2) is 4.79 Å². The van der Waals surface area contributed by atoms with E-state index in [0.29, 0.717) is 43.8 Å². The second-order valence-corrected chi connectivity index (χ2v) is 9.95. The molecule has 0 unspecified atom stereocenters. The van der Waals surface area contributed by atoms with E-state index in [1.165, 1.54) is 4.90 Å². The van der Waals surface area contributed by atoms with Crippen molar-refractivity contribution >= 4 is 17.8 Å². The number of pyridine rings is 1. The molecular formula is C27H32N4O4. The zero-order valence-electron chi connectivity index (χ0n) is 20.3. The normalized spacial score (nSPS) is 25.3. The molecule has 1 aromatic heterocycles. The maximum absolute atomic E-state index is 13.9. The Labute approximate surface area is 205 Å². The van der Waals surface area contributed by atoms with Crippen LogP contribution in [0.1, 0.15) is 52.9 Å². The number of carbonyl (C=O) groups is 3. The molecule has 3 saturated heterocycles. The Hall–Kier alpha value is -3.26. The molecule has 8 heteroatoms. The molecule has 3 aliphatic rings. The summed E-state index contributed by atoms with van der Waals surface area (Å²) in [7, 11) is 0. The van der Waals surface area contributed by atoms with Gasteiger partial charge in [0.15, 0.2) is 5.54 Å². The number of aryl methyl sites for hydroxylation is 2. The molecule has 0 aliphatic carbocycles. The number of nitrogens with one attached hydrogen (secondary N) is 1. The lowest BCUT2D eigenvalue weighted by molar-refractivity contribution is -0.135. The van der Waals surface area contributed by atoms with Crippen molar-refractivity contribution in [1.29, 1.82) is 0 Å². The van der Waals surface area contributed by atoms with E-state index in [1.54, 1.807) is 18.3 Å². The summed E-state index contributed by atoms with van der Waals surface area (Å²) in [5, 5.41) is 3.03. The molecule has 3 aliphatic heterocycles. The Morgan fingerprint density at radius 2 is 1.86 bits per heavy atom. The predicted octanol–water partition coefficient (Wildman–Crippen LogP) is 3.18. The number of amides is 4. The molecule has 1 N–H and O–H groups in total. The van der Waals surface area contributed by atoms with E-state index < -0.39 is 11.6 Å². The molecule has 0 bridgehead atoms. The van der Waals surface area contributed by atoms with Gasteiger partial charge in [-0.3, -0.25) is 19.5 Å². The Kier molecular flexibility index (Phi) is 6.32. The van der Waals surface area contributed by atoms with Crippen LogP contribution in [0.3, 0.4) is 0 Å². The van der Waals surface area contributed by atoms with E-state index in [1.807, 2.05) is 36.9 Å². The van der Waals surface area contributed by atoms with Gasteiger partial charge in [0.2, 0.25) is 0 Å². The lowest BCUT2D eigenvalue weighted by Crippen LogP contribution is -2.54. The number of nitrogens with zero attached hydrogens (tertiary/aromatic N) is 3. The number of urea groups is 1. The van der Waals surface area contributed by atoms with Crippen LogP contribution in [0.4, 0.5) is 4.79 Å². The Morgan fingerprint density at radius 3 is 2.49 bits per heavy atom. The van der Waals surface area contributed by atoms with Gasteiger partial charge in [0.1, 0.15) is 0 Å². The molecule has 2 aromatic rings. The van der Waals surface area contributed by atoms with Crippen molar-refractivity contribution < 1.29 is 19.1 Å². The van der Waals surface area contributed by atoms with Crippen molar-refractivity contribution in [2.45, 2.75) is 51.2 Å². The van der Waals surface area contributed by atoms with Crippen LogP contribution in [-0.4, -0.2) is 65.0 Å². The maximum Gasteiger partial charge on any atom is 0.325 e. The summed E-state index contributed by atoms with van der Waals surface area (Å²) >= 11 is 0.